The minimum atomic E-state index is -3.13. The van der Waals surface area contributed by atoms with Crippen molar-refractivity contribution in [2.75, 3.05) is 32.4 Å². The van der Waals surface area contributed by atoms with E-state index >= 15 is 0 Å². The number of hydrogen-bond acceptors (Lipinski definition) is 3. The summed E-state index contributed by atoms with van der Waals surface area (Å²) >= 11 is 0. The number of likely N-dealkylation sites (tertiary alicyclic amines) is 1. The maximum absolute atomic E-state index is 12.0. The third kappa shape index (κ3) is 5.35. The van der Waals surface area contributed by atoms with Crippen molar-refractivity contribution in [3.05, 3.63) is 0 Å². The van der Waals surface area contributed by atoms with Gasteiger partial charge >= 0.3 is 0 Å². The molecule has 25 heavy (non-hydrogen) atoms. The van der Waals surface area contributed by atoms with Crippen LogP contribution in [0, 0.1) is 5.41 Å². The third-order valence-electron chi connectivity index (χ3n) is 6.07. The summed E-state index contributed by atoms with van der Waals surface area (Å²) in [6.45, 7) is 8.80. The van der Waals surface area contributed by atoms with Crippen LogP contribution in [0.3, 0.4) is 0 Å². The van der Waals surface area contributed by atoms with E-state index in [0.717, 1.165) is 25.6 Å². The summed E-state index contributed by atoms with van der Waals surface area (Å²) in [6.07, 6.45) is 12.0. The fraction of sp³-hybridized carbons (Fsp3) is 0.947. The van der Waals surface area contributed by atoms with E-state index in [4.69, 9.17) is 4.99 Å². The smallest absolute Gasteiger partial charge is 0.193 e. The van der Waals surface area contributed by atoms with Crippen molar-refractivity contribution < 1.29 is 8.42 Å². The Morgan fingerprint density at radius 2 is 1.72 bits per heavy atom. The van der Waals surface area contributed by atoms with Crippen molar-refractivity contribution in [1.82, 2.24) is 10.2 Å². The van der Waals surface area contributed by atoms with E-state index in [1.165, 1.54) is 57.6 Å². The van der Waals surface area contributed by atoms with Crippen LogP contribution >= 0.6 is 0 Å². The van der Waals surface area contributed by atoms with Crippen LogP contribution in [0.2, 0.25) is 0 Å². The maximum Gasteiger partial charge on any atom is 0.193 e. The average molecular weight is 372 g/mol. The minimum absolute atomic E-state index is 0.303. The lowest BCUT2D eigenvalue weighted by molar-refractivity contribution is 0.115. The molecule has 0 aromatic carbocycles. The van der Waals surface area contributed by atoms with Gasteiger partial charge in [0.25, 0.3) is 0 Å². The molecule has 1 saturated heterocycles. The first kappa shape index (κ1) is 20.5. The second-order valence-electron chi connectivity index (χ2n) is 8.64. The second-order valence-corrected chi connectivity index (χ2v) is 11.3. The number of sulfone groups is 1. The molecular weight excluding hydrogens is 334 g/mol. The highest BCUT2D eigenvalue weighted by Gasteiger charge is 2.37. The zero-order chi connectivity index (χ0) is 18.6. The Morgan fingerprint density at radius 3 is 2.28 bits per heavy atom. The van der Waals surface area contributed by atoms with Gasteiger partial charge in [-0.05, 0) is 51.9 Å². The molecule has 1 N–H and O–H groups in total. The van der Waals surface area contributed by atoms with Gasteiger partial charge in [0.15, 0.2) is 15.8 Å². The van der Waals surface area contributed by atoms with Gasteiger partial charge in [-0.15, -0.1) is 0 Å². The zero-order valence-corrected chi connectivity index (χ0v) is 17.4. The van der Waals surface area contributed by atoms with Gasteiger partial charge in [-0.2, -0.15) is 0 Å². The molecule has 0 amide bonds. The van der Waals surface area contributed by atoms with E-state index in [9.17, 15) is 8.42 Å². The van der Waals surface area contributed by atoms with Crippen molar-refractivity contribution in [3.63, 3.8) is 0 Å². The number of aliphatic imine (C=N–C) groups is 1. The number of rotatable bonds is 4. The van der Waals surface area contributed by atoms with Crippen LogP contribution in [0.15, 0.2) is 4.99 Å². The van der Waals surface area contributed by atoms with Crippen LogP contribution in [-0.2, 0) is 9.84 Å². The van der Waals surface area contributed by atoms with E-state index in [-0.39, 0.29) is 0 Å². The number of guanidine groups is 1. The molecule has 0 aromatic rings. The normalized spacial score (nSPS) is 22.7. The van der Waals surface area contributed by atoms with Crippen molar-refractivity contribution in [3.8, 4) is 0 Å². The lowest BCUT2D eigenvalue weighted by atomic mass is 9.74. The van der Waals surface area contributed by atoms with E-state index < -0.39 is 14.6 Å². The summed E-state index contributed by atoms with van der Waals surface area (Å²) in [4.78, 5) is 7.11. The molecule has 5 nitrogen and oxygen atoms in total. The summed E-state index contributed by atoms with van der Waals surface area (Å²) in [5, 5.41) is 3.40. The second kappa shape index (κ2) is 8.28. The van der Waals surface area contributed by atoms with Gasteiger partial charge < -0.3 is 10.2 Å². The van der Waals surface area contributed by atoms with E-state index in [2.05, 4.69) is 17.1 Å². The number of nitrogens with one attached hydrogen (secondary N) is 1. The topological polar surface area (TPSA) is 61.8 Å². The molecule has 146 valence electrons. The van der Waals surface area contributed by atoms with Gasteiger partial charge in [0.05, 0.1) is 11.3 Å². The Balaban J connectivity index is 2.14. The fourth-order valence-corrected chi connectivity index (χ4v) is 4.38. The van der Waals surface area contributed by atoms with E-state index in [1.807, 2.05) is 0 Å². The highest BCUT2D eigenvalue weighted by atomic mass is 32.2. The molecule has 2 fully saturated rings. The predicted molar refractivity (Wildman–Crippen MR) is 106 cm³/mol. The highest BCUT2D eigenvalue weighted by Crippen LogP contribution is 2.42. The number of hydrogen-bond donors (Lipinski definition) is 1. The van der Waals surface area contributed by atoms with Crippen molar-refractivity contribution in [1.29, 1.82) is 0 Å². The van der Waals surface area contributed by atoms with Crippen LogP contribution in [-0.4, -0.2) is 56.5 Å². The first-order chi connectivity index (χ1) is 11.7. The lowest BCUT2D eigenvalue weighted by Gasteiger charge is -2.44. The molecule has 0 atom stereocenters. The first-order valence-electron chi connectivity index (χ1n) is 9.92. The largest absolute Gasteiger partial charge is 0.357 e. The molecule has 0 radical (unpaired) electrons. The maximum atomic E-state index is 12.0. The van der Waals surface area contributed by atoms with Gasteiger partial charge in [-0.3, -0.25) is 4.99 Å². The molecule has 1 aliphatic carbocycles. The van der Waals surface area contributed by atoms with Gasteiger partial charge in [0.1, 0.15) is 0 Å². The quantitative estimate of drug-likeness (QED) is 0.609. The van der Waals surface area contributed by atoms with Crippen LogP contribution in [0.4, 0.5) is 0 Å². The van der Waals surface area contributed by atoms with E-state index in [0.29, 0.717) is 12.0 Å². The number of nitrogens with zero attached hydrogens (tertiary/aromatic N) is 2. The Labute approximate surface area is 154 Å². The molecule has 0 unspecified atom stereocenters. The van der Waals surface area contributed by atoms with Gasteiger partial charge in [-0.1, -0.05) is 25.7 Å². The van der Waals surface area contributed by atoms with Crippen LogP contribution < -0.4 is 5.32 Å². The summed E-state index contributed by atoms with van der Waals surface area (Å²) in [5.74, 6) is 0.891. The summed E-state index contributed by atoms with van der Waals surface area (Å²) < 4.78 is 23.1. The van der Waals surface area contributed by atoms with Crippen molar-refractivity contribution in [2.24, 2.45) is 10.4 Å². The summed E-state index contributed by atoms with van der Waals surface area (Å²) in [6, 6.07) is 0. The molecule has 1 saturated carbocycles. The lowest BCUT2D eigenvalue weighted by Crippen LogP contribution is -2.51. The predicted octanol–water partition coefficient (Wildman–Crippen LogP) is 3.21. The Bertz CT molecular complexity index is 561. The third-order valence-corrected chi connectivity index (χ3v) is 8.21. The summed E-state index contributed by atoms with van der Waals surface area (Å²) in [7, 11) is -3.13. The molecule has 1 spiro atoms. The van der Waals surface area contributed by atoms with Crippen molar-refractivity contribution >= 4 is 15.8 Å². The van der Waals surface area contributed by atoms with Crippen molar-refractivity contribution in [2.45, 2.75) is 76.9 Å². The molecule has 2 rings (SSSR count). The first-order valence-corrected chi connectivity index (χ1v) is 11.8. The van der Waals surface area contributed by atoms with Crippen LogP contribution in [0.25, 0.3) is 0 Å². The van der Waals surface area contributed by atoms with Gasteiger partial charge in [-0.25, -0.2) is 8.42 Å². The monoisotopic (exact) mass is 371 g/mol. The zero-order valence-electron chi connectivity index (χ0n) is 16.6. The Hall–Kier alpha value is -0.780. The Morgan fingerprint density at radius 1 is 1.12 bits per heavy atom. The molecule has 1 aliphatic heterocycles. The SMILES string of the molecule is CCNC(=NCC(C)(C)S(C)(=O)=O)N1CCCC2(CCCCCC2)C1. The van der Waals surface area contributed by atoms with Crippen LogP contribution in [0.1, 0.15) is 72.1 Å². The van der Waals surface area contributed by atoms with Gasteiger partial charge in [0.2, 0.25) is 0 Å². The standard InChI is InChI=1S/C19H37N3O2S/c1-5-20-17(21-15-18(2,3)25(4,23)24)22-14-10-13-19(16-22)11-8-6-7-9-12-19/h5-16H2,1-4H3,(H,20,21). The highest BCUT2D eigenvalue weighted by molar-refractivity contribution is 7.92. The molecule has 6 heteroatoms. The molecule has 0 bridgehead atoms. The minimum Gasteiger partial charge on any atom is -0.357 e. The van der Waals surface area contributed by atoms with Crippen LogP contribution in [0.5, 0.6) is 0 Å². The van der Waals surface area contributed by atoms with Gasteiger partial charge in [0, 0.05) is 25.9 Å². The molecule has 2 aliphatic rings. The fourth-order valence-electron chi connectivity index (χ4n) is 4.08. The Kier molecular flexibility index (Phi) is 6.80. The molecule has 0 aromatic heterocycles. The van der Waals surface area contributed by atoms with E-state index in [1.54, 1.807) is 13.8 Å². The number of piperidine rings is 1. The molecule has 1 heterocycles. The molecular formula is C19H37N3O2S. The summed E-state index contributed by atoms with van der Waals surface area (Å²) in [5.41, 5.74) is 0.442. The average Bonchev–Trinajstić information content (AvgIpc) is 2.76.